The van der Waals surface area contributed by atoms with Crippen molar-refractivity contribution < 1.29 is 18.0 Å². The molecule has 0 saturated carbocycles. The SMILES string of the molecule is O=C(Nc1cccc(C(F)(F)F)c1)Nc1ccc2nc(-c3c4cccccc-4[nH]c3=O)[nH]c2c1. The van der Waals surface area contributed by atoms with E-state index < -0.39 is 17.8 Å². The molecule has 5 rings (SSSR count). The van der Waals surface area contributed by atoms with Crippen molar-refractivity contribution in [1.82, 2.24) is 15.0 Å². The summed E-state index contributed by atoms with van der Waals surface area (Å²) in [5.41, 5.74) is 2.20. The largest absolute Gasteiger partial charge is 0.416 e. The van der Waals surface area contributed by atoms with E-state index in [0.717, 1.165) is 12.1 Å². The van der Waals surface area contributed by atoms with Crippen LogP contribution in [0.3, 0.4) is 0 Å². The molecule has 2 heterocycles. The van der Waals surface area contributed by atoms with Crippen molar-refractivity contribution in [2.45, 2.75) is 6.18 Å². The molecule has 3 aromatic rings. The number of amides is 2. The Balaban J connectivity index is 1.39. The maximum atomic E-state index is 12.9. The van der Waals surface area contributed by atoms with Gasteiger partial charge in [0.2, 0.25) is 0 Å². The minimum atomic E-state index is -4.51. The van der Waals surface area contributed by atoms with Gasteiger partial charge in [0, 0.05) is 22.6 Å². The first-order valence-electron chi connectivity index (χ1n) is 10.1. The molecule has 0 saturated heterocycles. The molecule has 170 valence electrons. The van der Waals surface area contributed by atoms with Crippen LogP contribution in [0.5, 0.6) is 0 Å². The van der Waals surface area contributed by atoms with Gasteiger partial charge in [-0.15, -0.1) is 0 Å². The molecule has 0 unspecified atom stereocenters. The standard InChI is InChI=1S/C24H16F3N5O2/c25-24(26,27)13-5-4-6-14(11-13)28-23(34)29-15-9-10-18-19(12-15)31-21(30-18)20-16-7-2-1-3-8-17(16)32-22(20)33/h1-12H,(H,30,31)(H,32,33)(H2,28,29,34). The molecule has 2 amide bonds. The molecular weight excluding hydrogens is 447 g/mol. The van der Waals surface area contributed by atoms with E-state index in [1.165, 1.54) is 12.1 Å². The maximum absolute atomic E-state index is 12.9. The van der Waals surface area contributed by atoms with E-state index in [1.54, 1.807) is 24.3 Å². The molecule has 0 atom stereocenters. The number of nitrogens with zero attached hydrogens (tertiary/aromatic N) is 1. The fourth-order valence-electron chi connectivity index (χ4n) is 3.69. The molecule has 0 radical (unpaired) electrons. The van der Waals surface area contributed by atoms with Crippen molar-refractivity contribution in [2.24, 2.45) is 0 Å². The fourth-order valence-corrected chi connectivity index (χ4v) is 3.69. The van der Waals surface area contributed by atoms with E-state index in [9.17, 15) is 22.8 Å². The van der Waals surface area contributed by atoms with Crippen molar-refractivity contribution in [3.63, 3.8) is 0 Å². The Kier molecular flexibility index (Phi) is 5.05. The zero-order chi connectivity index (χ0) is 23.9. The molecule has 1 aromatic heterocycles. The zero-order valence-electron chi connectivity index (χ0n) is 17.3. The quantitative estimate of drug-likeness (QED) is 0.277. The number of halogens is 3. The number of urea groups is 1. The second kappa shape index (κ2) is 8.07. The third kappa shape index (κ3) is 4.08. The Morgan fingerprint density at radius 1 is 0.853 bits per heavy atom. The van der Waals surface area contributed by atoms with Crippen molar-refractivity contribution in [2.75, 3.05) is 10.6 Å². The number of nitrogens with one attached hydrogen (secondary N) is 4. The van der Waals surface area contributed by atoms with Crippen LogP contribution in [0, 0.1) is 0 Å². The summed E-state index contributed by atoms with van der Waals surface area (Å²) in [6.07, 6.45) is -4.51. The number of hydrogen-bond acceptors (Lipinski definition) is 3. The highest BCUT2D eigenvalue weighted by atomic mass is 19.4. The monoisotopic (exact) mass is 463 g/mol. The third-order valence-corrected chi connectivity index (χ3v) is 5.21. The average molecular weight is 463 g/mol. The van der Waals surface area contributed by atoms with E-state index in [1.807, 2.05) is 24.3 Å². The van der Waals surface area contributed by atoms with Gasteiger partial charge in [-0.1, -0.05) is 30.3 Å². The molecule has 34 heavy (non-hydrogen) atoms. The number of fused-ring (bicyclic) bond motifs is 2. The van der Waals surface area contributed by atoms with Crippen LogP contribution in [0.15, 0.2) is 77.6 Å². The number of hydrogen-bond donors (Lipinski definition) is 4. The van der Waals surface area contributed by atoms with Gasteiger partial charge < -0.3 is 20.6 Å². The van der Waals surface area contributed by atoms with Gasteiger partial charge in [-0.05, 0) is 42.5 Å². The topological polar surface area (TPSA) is 103 Å². The first kappa shape index (κ1) is 21.3. The van der Waals surface area contributed by atoms with E-state index in [4.69, 9.17) is 0 Å². The van der Waals surface area contributed by atoms with Gasteiger partial charge in [-0.25, -0.2) is 9.78 Å². The number of carbonyl (C=O) groups excluding carboxylic acids is 1. The van der Waals surface area contributed by atoms with Crippen LogP contribution in [-0.4, -0.2) is 21.0 Å². The molecule has 2 aromatic carbocycles. The molecule has 1 aliphatic carbocycles. The van der Waals surface area contributed by atoms with Gasteiger partial charge in [0.1, 0.15) is 5.82 Å². The predicted molar refractivity (Wildman–Crippen MR) is 123 cm³/mol. The number of H-pyrrole nitrogens is 2. The van der Waals surface area contributed by atoms with E-state index in [-0.39, 0.29) is 11.2 Å². The summed E-state index contributed by atoms with van der Waals surface area (Å²) < 4.78 is 38.6. The van der Waals surface area contributed by atoms with E-state index >= 15 is 0 Å². The van der Waals surface area contributed by atoms with Crippen molar-refractivity contribution in [3.05, 3.63) is 88.7 Å². The number of benzene rings is 2. The van der Waals surface area contributed by atoms with Gasteiger partial charge >= 0.3 is 12.2 Å². The van der Waals surface area contributed by atoms with Crippen LogP contribution >= 0.6 is 0 Å². The van der Waals surface area contributed by atoms with Crippen molar-refractivity contribution in [3.8, 4) is 22.6 Å². The summed E-state index contributed by atoms with van der Waals surface area (Å²) >= 11 is 0. The van der Waals surface area contributed by atoms with Crippen LogP contribution < -0.4 is 16.2 Å². The molecule has 4 N–H and O–H groups in total. The number of aromatic nitrogens is 3. The Morgan fingerprint density at radius 2 is 1.62 bits per heavy atom. The second-order valence-electron chi connectivity index (χ2n) is 7.54. The van der Waals surface area contributed by atoms with Gasteiger partial charge in [-0.3, -0.25) is 4.79 Å². The average Bonchev–Trinajstić information content (AvgIpc) is 3.24. The maximum Gasteiger partial charge on any atom is 0.416 e. The van der Waals surface area contributed by atoms with Crippen LogP contribution in [0.4, 0.5) is 29.3 Å². The van der Waals surface area contributed by atoms with Gasteiger partial charge in [0.25, 0.3) is 5.56 Å². The van der Waals surface area contributed by atoms with Gasteiger partial charge in [0.15, 0.2) is 0 Å². The summed E-state index contributed by atoms with van der Waals surface area (Å²) in [5, 5.41) is 4.97. The fraction of sp³-hybridized carbons (Fsp3) is 0.0417. The Labute approximate surface area is 190 Å². The molecule has 1 aliphatic heterocycles. The lowest BCUT2D eigenvalue weighted by atomic mass is 10.1. The van der Waals surface area contributed by atoms with Crippen molar-refractivity contribution in [1.29, 1.82) is 0 Å². The van der Waals surface area contributed by atoms with Crippen LogP contribution in [-0.2, 0) is 6.18 Å². The molecular formula is C24H16F3N5O2. The molecule has 7 nitrogen and oxygen atoms in total. The lowest BCUT2D eigenvalue weighted by Gasteiger charge is -2.10. The van der Waals surface area contributed by atoms with Crippen LogP contribution in [0.2, 0.25) is 0 Å². The third-order valence-electron chi connectivity index (χ3n) is 5.21. The number of rotatable bonds is 3. The Morgan fingerprint density at radius 3 is 2.41 bits per heavy atom. The Bertz CT molecular complexity index is 1550. The zero-order valence-corrected chi connectivity index (χ0v) is 17.3. The normalized spacial score (nSPS) is 11.6. The summed E-state index contributed by atoms with van der Waals surface area (Å²) in [4.78, 5) is 35.3. The van der Waals surface area contributed by atoms with E-state index in [2.05, 4.69) is 25.6 Å². The highest BCUT2D eigenvalue weighted by molar-refractivity contribution is 6.01. The smallest absolute Gasteiger partial charge is 0.338 e. The lowest BCUT2D eigenvalue weighted by molar-refractivity contribution is -0.137. The first-order chi connectivity index (χ1) is 16.3. The number of imidazole rings is 1. The number of alkyl halides is 3. The first-order valence-corrected chi connectivity index (χ1v) is 10.1. The summed E-state index contributed by atoms with van der Waals surface area (Å²) in [5.74, 6) is 0.378. The number of aromatic amines is 2. The summed E-state index contributed by atoms with van der Waals surface area (Å²) in [6, 6.07) is 17.7. The van der Waals surface area contributed by atoms with E-state index in [0.29, 0.717) is 39.4 Å². The predicted octanol–water partition coefficient (Wildman–Crippen LogP) is 5.69. The minimum absolute atomic E-state index is 0.00713. The molecule has 0 bridgehead atoms. The summed E-state index contributed by atoms with van der Waals surface area (Å²) in [6.45, 7) is 0. The van der Waals surface area contributed by atoms with Gasteiger partial charge in [0.05, 0.1) is 22.2 Å². The second-order valence-corrected chi connectivity index (χ2v) is 7.54. The minimum Gasteiger partial charge on any atom is -0.338 e. The molecule has 0 fully saturated rings. The molecule has 0 spiro atoms. The van der Waals surface area contributed by atoms with Crippen LogP contribution in [0.1, 0.15) is 5.56 Å². The number of carbonyl (C=O) groups is 1. The number of anilines is 2. The highest BCUT2D eigenvalue weighted by Crippen LogP contribution is 2.31. The Hall–Kier alpha value is -4.60. The van der Waals surface area contributed by atoms with Crippen molar-refractivity contribution >= 4 is 28.4 Å². The van der Waals surface area contributed by atoms with Crippen LogP contribution in [0.25, 0.3) is 33.7 Å². The summed E-state index contributed by atoms with van der Waals surface area (Å²) in [7, 11) is 0. The lowest BCUT2D eigenvalue weighted by Crippen LogP contribution is -2.19. The molecule has 2 aliphatic rings. The van der Waals surface area contributed by atoms with Gasteiger partial charge in [-0.2, -0.15) is 13.2 Å². The highest BCUT2D eigenvalue weighted by Gasteiger charge is 2.30. The molecule has 10 heteroatoms.